The van der Waals surface area contributed by atoms with E-state index in [-0.39, 0.29) is 24.4 Å². The van der Waals surface area contributed by atoms with Crippen molar-refractivity contribution in [3.05, 3.63) is 83.4 Å². The molecule has 0 aliphatic carbocycles. The van der Waals surface area contributed by atoms with E-state index in [9.17, 15) is 27.6 Å². The van der Waals surface area contributed by atoms with Crippen LogP contribution in [0.1, 0.15) is 34.8 Å². The van der Waals surface area contributed by atoms with Crippen LogP contribution in [0.2, 0.25) is 0 Å². The molecule has 0 saturated heterocycles. The molecule has 9 heteroatoms. The maximum Gasteiger partial charge on any atom is 0.416 e. The van der Waals surface area contributed by atoms with Gasteiger partial charge in [0.25, 0.3) is 5.91 Å². The van der Waals surface area contributed by atoms with Crippen LogP contribution in [0.15, 0.2) is 66.7 Å². The van der Waals surface area contributed by atoms with Gasteiger partial charge in [-0.3, -0.25) is 14.4 Å². The first-order chi connectivity index (χ1) is 15.5. The third-order valence-corrected chi connectivity index (χ3v) is 5.30. The Bertz CT molecular complexity index is 1210. The van der Waals surface area contributed by atoms with Crippen molar-refractivity contribution in [2.45, 2.75) is 25.1 Å². The molecule has 33 heavy (non-hydrogen) atoms. The molecule has 1 unspecified atom stereocenters. The second kappa shape index (κ2) is 9.32. The van der Waals surface area contributed by atoms with Gasteiger partial charge in [-0.25, -0.2) is 0 Å². The van der Waals surface area contributed by atoms with Gasteiger partial charge in [0.15, 0.2) is 0 Å². The molecule has 4 N–H and O–H groups in total. The van der Waals surface area contributed by atoms with Gasteiger partial charge < -0.3 is 16.4 Å². The zero-order chi connectivity index (χ0) is 24.2. The van der Waals surface area contributed by atoms with Crippen LogP contribution in [0, 0.1) is 0 Å². The molecule has 172 valence electrons. The van der Waals surface area contributed by atoms with Gasteiger partial charge in [-0.2, -0.15) is 13.2 Å². The number of hydrogen-bond donors (Lipinski definition) is 3. The summed E-state index contributed by atoms with van der Waals surface area (Å²) in [6, 6.07) is 16.8. The predicted molar refractivity (Wildman–Crippen MR) is 117 cm³/mol. The fourth-order valence-corrected chi connectivity index (χ4v) is 3.35. The Morgan fingerprint density at radius 2 is 1.55 bits per heavy atom. The molecule has 0 fully saturated rings. The van der Waals surface area contributed by atoms with Crippen molar-refractivity contribution in [3.8, 4) is 0 Å². The topological polar surface area (TPSA) is 101 Å². The van der Waals surface area contributed by atoms with Crippen molar-refractivity contribution in [1.82, 2.24) is 10.6 Å². The van der Waals surface area contributed by atoms with Crippen molar-refractivity contribution in [2.75, 3.05) is 6.54 Å². The molecule has 3 aromatic rings. The first-order valence-corrected chi connectivity index (χ1v) is 10.1. The Morgan fingerprint density at radius 1 is 0.879 bits per heavy atom. The number of hydrogen-bond acceptors (Lipinski definition) is 3. The number of fused-ring (bicyclic) bond motifs is 1. The summed E-state index contributed by atoms with van der Waals surface area (Å²) in [4.78, 5) is 36.9. The van der Waals surface area contributed by atoms with Crippen molar-refractivity contribution >= 4 is 28.5 Å². The van der Waals surface area contributed by atoms with Crippen LogP contribution in [0.4, 0.5) is 13.2 Å². The van der Waals surface area contributed by atoms with Gasteiger partial charge in [-0.05, 0) is 47.5 Å². The maximum atomic E-state index is 13.0. The lowest BCUT2D eigenvalue weighted by Gasteiger charge is -2.28. The van der Waals surface area contributed by atoms with Gasteiger partial charge in [0.05, 0.1) is 5.56 Å². The molecule has 0 bridgehead atoms. The number of halogens is 3. The SMILES string of the molecule is CC(NC(=O)CCNC(=O)c1ccc2ccccc2c1)(C(N)=O)c1cccc(C(F)(F)F)c1. The van der Waals surface area contributed by atoms with Gasteiger partial charge >= 0.3 is 6.18 Å². The van der Waals surface area contributed by atoms with Gasteiger partial charge in [0.2, 0.25) is 11.8 Å². The molecule has 0 spiro atoms. The molecule has 0 aliphatic heterocycles. The summed E-state index contributed by atoms with van der Waals surface area (Å²) in [6.45, 7) is 1.19. The molecule has 0 saturated carbocycles. The smallest absolute Gasteiger partial charge is 0.367 e. The monoisotopic (exact) mass is 457 g/mol. The second-order valence-corrected chi connectivity index (χ2v) is 7.68. The largest absolute Gasteiger partial charge is 0.416 e. The average molecular weight is 457 g/mol. The van der Waals surface area contributed by atoms with Crippen molar-refractivity contribution < 1.29 is 27.6 Å². The Hall–Kier alpha value is -3.88. The molecular formula is C24H22F3N3O3. The average Bonchev–Trinajstić information content (AvgIpc) is 2.78. The lowest BCUT2D eigenvalue weighted by molar-refractivity contribution is -0.138. The van der Waals surface area contributed by atoms with E-state index < -0.39 is 29.1 Å². The standard InChI is InChI=1S/C24H22F3N3O3/c1-23(22(28)33,18-7-4-8-19(14-18)24(25,26)27)30-20(31)11-12-29-21(32)17-10-9-15-5-2-3-6-16(15)13-17/h2-10,13-14H,11-12H2,1H3,(H2,28,33)(H,29,32)(H,30,31). The molecule has 0 aliphatic rings. The number of carbonyl (C=O) groups excluding carboxylic acids is 3. The summed E-state index contributed by atoms with van der Waals surface area (Å²) in [5, 5.41) is 6.88. The quantitative estimate of drug-likeness (QED) is 0.506. The summed E-state index contributed by atoms with van der Waals surface area (Å²) >= 11 is 0. The molecule has 3 amide bonds. The number of alkyl halides is 3. The molecular weight excluding hydrogens is 435 g/mol. The van der Waals surface area contributed by atoms with Gasteiger partial charge in [0.1, 0.15) is 5.54 Å². The van der Waals surface area contributed by atoms with Crippen molar-refractivity contribution in [2.24, 2.45) is 5.73 Å². The van der Waals surface area contributed by atoms with Crippen molar-refractivity contribution in [3.63, 3.8) is 0 Å². The minimum atomic E-state index is -4.62. The number of primary amides is 1. The Kier molecular flexibility index (Phi) is 6.71. The number of benzene rings is 3. The molecule has 0 heterocycles. The van der Waals surface area contributed by atoms with Crippen molar-refractivity contribution in [1.29, 1.82) is 0 Å². The van der Waals surface area contributed by atoms with E-state index in [1.165, 1.54) is 13.0 Å². The lowest BCUT2D eigenvalue weighted by atomic mass is 9.89. The fraction of sp³-hybridized carbons (Fsp3) is 0.208. The normalized spacial score (nSPS) is 13.2. The van der Waals surface area contributed by atoms with Crippen LogP contribution in [0.25, 0.3) is 10.8 Å². The summed E-state index contributed by atoms with van der Waals surface area (Å²) in [5.74, 6) is -2.06. The minimum absolute atomic E-state index is 0.0467. The highest BCUT2D eigenvalue weighted by Gasteiger charge is 2.37. The molecule has 6 nitrogen and oxygen atoms in total. The summed E-state index contributed by atoms with van der Waals surface area (Å²) < 4.78 is 39.1. The summed E-state index contributed by atoms with van der Waals surface area (Å²) in [6.07, 6.45) is -4.83. The van der Waals surface area contributed by atoms with Crippen LogP contribution in [0.5, 0.6) is 0 Å². The Morgan fingerprint density at radius 3 is 2.21 bits per heavy atom. The van der Waals surface area contributed by atoms with E-state index in [0.29, 0.717) is 5.56 Å². The van der Waals surface area contributed by atoms with Gasteiger partial charge in [0, 0.05) is 18.5 Å². The molecule has 0 aromatic heterocycles. The van der Waals surface area contributed by atoms with Crippen LogP contribution in [-0.4, -0.2) is 24.3 Å². The predicted octanol–water partition coefficient (Wildman–Crippen LogP) is 3.50. The Balaban J connectivity index is 1.64. The number of nitrogens with one attached hydrogen (secondary N) is 2. The highest BCUT2D eigenvalue weighted by atomic mass is 19.4. The van der Waals surface area contributed by atoms with E-state index in [4.69, 9.17) is 5.73 Å². The second-order valence-electron chi connectivity index (χ2n) is 7.68. The third kappa shape index (κ3) is 5.49. The zero-order valence-electron chi connectivity index (χ0n) is 17.7. The lowest BCUT2D eigenvalue weighted by Crippen LogP contribution is -2.53. The molecule has 0 radical (unpaired) electrons. The van der Waals surface area contributed by atoms with Gasteiger partial charge in [-0.1, -0.05) is 42.5 Å². The zero-order valence-corrected chi connectivity index (χ0v) is 17.7. The number of amides is 3. The number of rotatable bonds is 7. The third-order valence-electron chi connectivity index (χ3n) is 5.30. The van der Waals surface area contributed by atoms with E-state index in [0.717, 1.165) is 29.0 Å². The maximum absolute atomic E-state index is 13.0. The summed E-state index contributed by atoms with van der Waals surface area (Å²) in [7, 11) is 0. The highest BCUT2D eigenvalue weighted by molar-refractivity contribution is 5.98. The molecule has 3 aromatic carbocycles. The highest BCUT2D eigenvalue weighted by Crippen LogP contribution is 2.32. The fourth-order valence-electron chi connectivity index (χ4n) is 3.35. The Labute approximate surface area is 188 Å². The molecule has 1 atom stereocenters. The van der Waals surface area contributed by atoms with E-state index >= 15 is 0 Å². The molecule has 3 rings (SSSR count). The van der Waals surface area contributed by atoms with Crippen LogP contribution >= 0.6 is 0 Å². The number of nitrogens with two attached hydrogens (primary N) is 1. The van der Waals surface area contributed by atoms with E-state index in [1.54, 1.807) is 12.1 Å². The van der Waals surface area contributed by atoms with Crippen LogP contribution < -0.4 is 16.4 Å². The van der Waals surface area contributed by atoms with E-state index in [2.05, 4.69) is 10.6 Å². The first-order valence-electron chi connectivity index (χ1n) is 10.1. The van der Waals surface area contributed by atoms with Crippen LogP contribution in [0.3, 0.4) is 0 Å². The summed E-state index contributed by atoms with van der Waals surface area (Å²) in [5.41, 5.74) is 2.89. The minimum Gasteiger partial charge on any atom is -0.367 e. The van der Waals surface area contributed by atoms with Crippen LogP contribution in [-0.2, 0) is 21.3 Å². The number of carbonyl (C=O) groups is 3. The first kappa shape index (κ1) is 23.8. The van der Waals surface area contributed by atoms with Gasteiger partial charge in [-0.15, -0.1) is 0 Å². The van der Waals surface area contributed by atoms with E-state index in [1.807, 2.05) is 30.3 Å².